The van der Waals surface area contributed by atoms with Gasteiger partial charge in [-0.2, -0.15) is 0 Å². The van der Waals surface area contributed by atoms with Crippen molar-refractivity contribution in [2.75, 3.05) is 36.1 Å². The molecule has 1 amide bonds. The van der Waals surface area contributed by atoms with Gasteiger partial charge in [0.05, 0.1) is 37.6 Å². The first-order chi connectivity index (χ1) is 15.3. The van der Waals surface area contributed by atoms with Crippen LogP contribution in [0.5, 0.6) is 11.5 Å². The number of aromatic amines is 1. The lowest BCUT2D eigenvalue weighted by Gasteiger charge is -2.17. The number of hydrogen-bond donors (Lipinski definition) is 2. The molecule has 0 radical (unpaired) electrons. The summed E-state index contributed by atoms with van der Waals surface area (Å²) in [6.07, 6.45) is 0.474. The molecule has 1 aromatic heterocycles. The minimum Gasteiger partial charge on any atom is -0.493 e. The average Bonchev–Trinajstić information content (AvgIpc) is 3.12. The van der Waals surface area contributed by atoms with Crippen molar-refractivity contribution in [3.8, 4) is 11.5 Å². The van der Waals surface area contributed by atoms with Gasteiger partial charge in [-0.25, -0.2) is 8.42 Å². The second kappa shape index (κ2) is 8.54. The van der Waals surface area contributed by atoms with Gasteiger partial charge in [-0.1, -0.05) is 0 Å². The Labute approximate surface area is 185 Å². The predicted octanol–water partition coefficient (Wildman–Crippen LogP) is 2.27. The van der Waals surface area contributed by atoms with E-state index in [9.17, 15) is 18.0 Å². The summed E-state index contributed by atoms with van der Waals surface area (Å²) in [4.78, 5) is 27.7. The van der Waals surface area contributed by atoms with Crippen molar-refractivity contribution in [2.45, 2.75) is 12.8 Å². The van der Waals surface area contributed by atoms with E-state index in [1.165, 1.54) is 18.5 Å². The minimum absolute atomic E-state index is 0.123. The fourth-order valence-electron chi connectivity index (χ4n) is 3.73. The van der Waals surface area contributed by atoms with Crippen LogP contribution in [-0.2, 0) is 21.2 Å². The lowest BCUT2D eigenvalue weighted by Crippen LogP contribution is -2.25. The van der Waals surface area contributed by atoms with Crippen molar-refractivity contribution in [1.29, 1.82) is 0 Å². The Kier molecular flexibility index (Phi) is 5.79. The highest BCUT2D eigenvalue weighted by Gasteiger charge is 2.28. The molecule has 4 rings (SSSR count). The number of methoxy groups -OCH3 is 2. The molecule has 0 aliphatic carbocycles. The summed E-state index contributed by atoms with van der Waals surface area (Å²) in [5.41, 5.74) is 1.59. The topological polar surface area (TPSA) is 118 Å². The third kappa shape index (κ3) is 4.26. The number of sulfonamides is 1. The van der Waals surface area contributed by atoms with E-state index >= 15 is 0 Å². The van der Waals surface area contributed by atoms with E-state index in [2.05, 4.69) is 10.3 Å². The molecule has 2 heterocycles. The number of hydrogen-bond acceptors (Lipinski definition) is 6. The van der Waals surface area contributed by atoms with E-state index in [0.717, 1.165) is 0 Å². The van der Waals surface area contributed by atoms with E-state index < -0.39 is 10.0 Å². The lowest BCUT2D eigenvalue weighted by atomic mass is 10.1. The van der Waals surface area contributed by atoms with Gasteiger partial charge in [0.15, 0.2) is 11.5 Å². The Balaban J connectivity index is 1.50. The van der Waals surface area contributed by atoms with Crippen molar-refractivity contribution in [1.82, 2.24) is 4.98 Å². The number of ether oxygens (including phenoxy) is 2. The van der Waals surface area contributed by atoms with E-state index in [1.54, 1.807) is 42.5 Å². The Hall–Kier alpha value is -3.53. The Morgan fingerprint density at radius 2 is 1.78 bits per heavy atom. The number of benzene rings is 2. The smallest absolute Gasteiger partial charge is 0.252 e. The maximum Gasteiger partial charge on any atom is 0.252 e. The molecule has 3 aromatic rings. The monoisotopic (exact) mass is 457 g/mol. The van der Waals surface area contributed by atoms with Crippen LogP contribution in [0.2, 0.25) is 0 Å². The molecule has 0 saturated carbocycles. The van der Waals surface area contributed by atoms with Gasteiger partial charge < -0.3 is 19.8 Å². The molecule has 1 saturated heterocycles. The fourth-order valence-corrected chi connectivity index (χ4v) is 5.29. The molecule has 0 spiro atoms. The zero-order valence-electron chi connectivity index (χ0n) is 17.7. The second-order valence-electron chi connectivity index (χ2n) is 7.43. The number of anilines is 2. The number of aromatic nitrogens is 1. The quantitative estimate of drug-likeness (QED) is 0.586. The van der Waals surface area contributed by atoms with Crippen LogP contribution in [-0.4, -0.2) is 45.8 Å². The van der Waals surface area contributed by atoms with Crippen molar-refractivity contribution < 1.29 is 22.7 Å². The van der Waals surface area contributed by atoms with Gasteiger partial charge in [0.2, 0.25) is 15.9 Å². The number of fused-ring (bicyclic) bond motifs is 1. The molecule has 2 N–H and O–H groups in total. The van der Waals surface area contributed by atoms with Crippen LogP contribution in [0.25, 0.3) is 10.9 Å². The van der Waals surface area contributed by atoms with E-state index in [-0.39, 0.29) is 23.6 Å². The van der Waals surface area contributed by atoms with E-state index in [4.69, 9.17) is 9.47 Å². The van der Waals surface area contributed by atoms with Gasteiger partial charge in [-0.05, 0) is 42.8 Å². The van der Waals surface area contributed by atoms with Crippen LogP contribution in [0.15, 0.2) is 47.3 Å². The maximum absolute atomic E-state index is 12.5. The van der Waals surface area contributed by atoms with E-state index in [0.29, 0.717) is 52.3 Å². The van der Waals surface area contributed by atoms with Crippen LogP contribution in [0.4, 0.5) is 11.4 Å². The summed E-state index contributed by atoms with van der Waals surface area (Å²) in [6, 6.07) is 11.6. The highest BCUT2D eigenvalue weighted by molar-refractivity contribution is 7.93. The normalized spacial score (nSPS) is 15.0. The Bertz CT molecular complexity index is 1330. The third-order valence-electron chi connectivity index (χ3n) is 5.31. The number of nitrogens with zero attached hydrogens (tertiary/aromatic N) is 1. The molecule has 0 bridgehead atoms. The fraction of sp³-hybridized carbons (Fsp3) is 0.273. The predicted molar refractivity (Wildman–Crippen MR) is 122 cm³/mol. The van der Waals surface area contributed by atoms with Gasteiger partial charge in [0.1, 0.15) is 0 Å². The summed E-state index contributed by atoms with van der Waals surface area (Å²) >= 11 is 0. The van der Waals surface area contributed by atoms with Crippen LogP contribution >= 0.6 is 0 Å². The number of amides is 1. The molecule has 32 heavy (non-hydrogen) atoms. The Morgan fingerprint density at radius 1 is 1.09 bits per heavy atom. The van der Waals surface area contributed by atoms with Gasteiger partial charge >= 0.3 is 0 Å². The summed E-state index contributed by atoms with van der Waals surface area (Å²) in [6.45, 7) is 0.454. The standard InChI is InChI=1S/C22H23N3O6S/c1-30-19-11-14-10-15(22(27)24-18(14)13-20(19)31-2)12-21(26)23-16-4-6-17(7-5-16)25-8-3-9-32(25,28)29/h4-7,10-11,13H,3,8-9,12H2,1-2H3,(H,23,26)(H,24,27). The van der Waals surface area contributed by atoms with Gasteiger partial charge in [0.25, 0.3) is 5.56 Å². The number of carbonyl (C=O) groups excluding carboxylic acids is 1. The molecule has 2 aromatic carbocycles. The number of pyridine rings is 1. The summed E-state index contributed by atoms with van der Waals surface area (Å²) in [7, 11) is -0.225. The SMILES string of the molecule is COc1cc2cc(CC(=O)Nc3ccc(N4CCCS4(=O)=O)cc3)c(=O)[nH]c2cc1OC. The second-order valence-corrected chi connectivity index (χ2v) is 9.44. The van der Waals surface area contributed by atoms with Crippen LogP contribution in [0.1, 0.15) is 12.0 Å². The van der Waals surface area contributed by atoms with Crippen LogP contribution in [0.3, 0.4) is 0 Å². The van der Waals surface area contributed by atoms with Crippen LogP contribution < -0.4 is 24.7 Å². The average molecular weight is 458 g/mol. The number of nitrogens with one attached hydrogen (secondary N) is 2. The number of carbonyl (C=O) groups is 1. The first kappa shape index (κ1) is 21.7. The largest absolute Gasteiger partial charge is 0.493 e. The van der Waals surface area contributed by atoms with Gasteiger partial charge in [-0.15, -0.1) is 0 Å². The number of H-pyrrole nitrogens is 1. The van der Waals surface area contributed by atoms with Crippen molar-refractivity contribution in [2.24, 2.45) is 0 Å². The van der Waals surface area contributed by atoms with Gasteiger partial charge in [0, 0.05) is 29.2 Å². The zero-order valence-corrected chi connectivity index (χ0v) is 18.5. The van der Waals surface area contributed by atoms with Gasteiger partial charge in [-0.3, -0.25) is 13.9 Å². The van der Waals surface area contributed by atoms with Crippen LogP contribution in [0, 0.1) is 0 Å². The summed E-state index contributed by atoms with van der Waals surface area (Å²) < 4.78 is 36.0. The summed E-state index contributed by atoms with van der Waals surface area (Å²) in [5, 5.41) is 3.45. The molecule has 1 fully saturated rings. The maximum atomic E-state index is 12.5. The molecular formula is C22H23N3O6S. The number of rotatable bonds is 6. The molecule has 9 nitrogen and oxygen atoms in total. The molecule has 10 heteroatoms. The first-order valence-electron chi connectivity index (χ1n) is 9.99. The molecule has 0 atom stereocenters. The van der Waals surface area contributed by atoms with Crippen molar-refractivity contribution in [3.05, 3.63) is 58.4 Å². The highest BCUT2D eigenvalue weighted by Crippen LogP contribution is 2.31. The molecule has 0 unspecified atom stereocenters. The molecular weight excluding hydrogens is 434 g/mol. The molecule has 1 aliphatic rings. The minimum atomic E-state index is -3.26. The van der Waals surface area contributed by atoms with Crippen molar-refractivity contribution in [3.63, 3.8) is 0 Å². The van der Waals surface area contributed by atoms with Crippen molar-refractivity contribution >= 4 is 38.2 Å². The lowest BCUT2D eigenvalue weighted by molar-refractivity contribution is -0.115. The molecule has 1 aliphatic heterocycles. The summed E-state index contributed by atoms with van der Waals surface area (Å²) in [5.74, 6) is 0.788. The zero-order chi connectivity index (χ0) is 22.9. The third-order valence-corrected chi connectivity index (χ3v) is 7.18. The Morgan fingerprint density at radius 3 is 2.41 bits per heavy atom. The van der Waals surface area contributed by atoms with E-state index in [1.807, 2.05) is 0 Å². The molecule has 168 valence electrons. The highest BCUT2D eigenvalue weighted by atomic mass is 32.2. The first-order valence-corrected chi connectivity index (χ1v) is 11.6.